The van der Waals surface area contributed by atoms with Crippen LogP contribution in [0.25, 0.3) is 0 Å². The third-order valence-corrected chi connectivity index (χ3v) is 9.00. The molecule has 0 spiro atoms. The van der Waals surface area contributed by atoms with Crippen molar-refractivity contribution < 1.29 is 28.0 Å². The summed E-state index contributed by atoms with van der Waals surface area (Å²) in [5.41, 5.74) is 4.64. The zero-order valence-corrected chi connectivity index (χ0v) is 25.6. The van der Waals surface area contributed by atoms with E-state index >= 15 is 0 Å². The normalized spacial score (nSPS) is 22.2. The number of amides is 2. The average molecular weight is 649 g/mol. The van der Waals surface area contributed by atoms with Crippen molar-refractivity contribution in [1.82, 2.24) is 25.1 Å². The highest BCUT2D eigenvalue weighted by molar-refractivity contribution is 7.88. The highest BCUT2D eigenvalue weighted by Crippen LogP contribution is 2.47. The van der Waals surface area contributed by atoms with Gasteiger partial charge in [-0.15, -0.1) is 0 Å². The lowest BCUT2D eigenvalue weighted by Gasteiger charge is -2.49. The fourth-order valence-electron chi connectivity index (χ4n) is 5.91. The Morgan fingerprint density at radius 1 is 1.07 bits per heavy atom. The van der Waals surface area contributed by atoms with E-state index in [9.17, 15) is 23.1 Å². The van der Waals surface area contributed by atoms with Crippen molar-refractivity contribution in [1.29, 1.82) is 0 Å². The summed E-state index contributed by atoms with van der Waals surface area (Å²) in [6.07, 6.45) is 6.54. The van der Waals surface area contributed by atoms with E-state index in [1.54, 1.807) is 47.4 Å². The Kier molecular flexibility index (Phi) is 9.64. The molecule has 43 heavy (non-hydrogen) atoms. The number of hydroxylamine groups is 1. The van der Waals surface area contributed by atoms with Crippen molar-refractivity contribution in [2.24, 2.45) is 0 Å². The van der Waals surface area contributed by atoms with Crippen LogP contribution in [-0.4, -0.2) is 58.5 Å². The molecule has 1 aromatic heterocycles. The third-order valence-electron chi connectivity index (χ3n) is 7.71. The number of rotatable bonds is 9. The Hall–Kier alpha value is -3.13. The van der Waals surface area contributed by atoms with Crippen LogP contribution in [0.5, 0.6) is 0 Å². The number of carbonyl (C=O) groups excluding carboxylic acids is 2. The minimum Gasteiger partial charge on any atom is -0.390 e. The molecule has 1 unspecified atom stereocenters. The number of hydrogen-bond donors (Lipinski definition) is 3. The second-order valence-corrected chi connectivity index (χ2v) is 13.3. The van der Waals surface area contributed by atoms with Crippen LogP contribution in [0.4, 0.5) is 0 Å². The fourth-order valence-corrected chi connectivity index (χ4v) is 7.26. The SMILES string of the molecule is CS(=O)(=O)N[C@H]1CCCCC1N1C(=O)c2ccccc2[C@@H](C(=O)NOCc2cnc(CO)cn2)[C@@H]1c1ccc(Cl)cc1Cl. The molecule has 0 saturated heterocycles. The molecule has 1 aliphatic carbocycles. The van der Waals surface area contributed by atoms with Crippen LogP contribution < -0.4 is 10.2 Å². The van der Waals surface area contributed by atoms with Gasteiger partial charge in [0.15, 0.2) is 0 Å². The van der Waals surface area contributed by atoms with Gasteiger partial charge in [0.25, 0.3) is 11.8 Å². The molecule has 5 rings (SSSR count). The Labute approximate surface area is 259 Å². The molecular formula is C29H31Cl2N5O6S. The summed E-state index contributed by atoms with van der Waals surface area (Å²) in [7, 11) is -3.60. The summed E-state index contributed by atoms with van der Waals surface area (Å²) < 4.78 is 27.4. The number of aliphatic hydroxyl groups is 1. The van der Waals surface area contributed by atoms with E-state index in [-0.39, 0.29) is 24.1 Å². The quantitative estimate of drug-likeness (QED) is 0.298. The predicted molar refractivity (Wildman–Crippen MR) is 159 cm³/mol. The lowest BCUT2D eigenvalue weighted by atomic mass is 9.76. The predicted octanol–water partition coefficient (Wildman–Crippen LogP) is 3.66. The second kappa shape index (κ2) is 13.2. The van der Waals surface area contributed by atoms with Gasteiger partial charge in [-0.3, -0.25) is 24.4 Å². The van der Waals surface area contributed by atoms with E-state index in [4.69, 9.17) is 28.0 Å². The number of fused-ring (bicyclic) bond motifs is 1. The van der Waals surface area contributed by atoms with Gasteiger partial charge < -0.3 is 10.0 Å². The van der Waals surface area contributed by atoms with Crippen molar-refractivity contribution in [3.05, 3.63) is 93.0 Å². The molecule has 4 atom stereocenters. The highest BCUT2D eigenvalue weighted by Gasteiger charge is 2.49. The summed E-state index contributed by atoms with van der Waals surface area (Å²) in [4.78, 5) is 43.7. The van der Waals surface area contributed by atoms with E-state index in [0.29, 0.717) is 45.9 Å². The van der Waals surface area contributed by atoms with Gasteiger partial charge in [-0.25, -0.2) is 18.6 Å². The molecule has 2 amide bonds. The largest absolute Gasteiger partial charge is 0.390 e. The number of nitrogens with one attached hydrogen (secondary N) is 2. The number of halogens is 2. The van der Waals surface area contributed by atoms with Crippen molar-refractivity contribution in [2.75, 3.05) is 6.26 Å². The monoisotopic (exact) mass is 647 g/mol. The molecule has 0 radical (unpaired) electrons. The van der Waals surface area contributed by atoms with Crippen LogP contribution in [0.3, 0.4) is 0 Å². The van der Waals surface area contributed by atoms with Crippen molar-refractivity contribution in [2.45, 2.75) is 62.9 Å². The van der Waals surface area contributed by atoms with Crippen LogP contribution in [0, 0.1) is 0 Å². The molecule has 2 heterocycles. The minimum absolute atomic E-state index is 0.100. The lowest BCUT2D eigenvalue weighted by molar-refractivity contribution is -0.138. The van der Waals surface area contributed by atoms with Crippen molar-refractivity contribution in [3.8, 4) is 0 Å². The molecule has 1 saturated carbocycles. The number of sulfonamides is 1. The first-order valence-electron chi connectivity index (χ1n) is 13.7. The lowest BCUT2D eigenvalue weighted by Crippen LogP contribution is -2.59. The zero-order valence-electron chi connectivity index (χ0n) is 23.2. The topological polar surface area (TPSA) is 151 Å². The first kappa shape index (κ1) is 31.3. The number of benzene rings is 2. The highest BCUT2D eigenvalue weighted by atomic mass is 35.5. The molecule has 228 valence electrons. The maximum absolute atomic E-state index is 14.3. The summed E-state index contributed by atoms with van der Waals surface area (Å²) >= 11 is 13.0. The van der Waals surface area contributed by atoms with Gasteiger partial charge in [-0.05, 0) is 42.2 Å². The maximum Gasteiger partial charge on any atom is 0.255 e. The molecule has 11 nitrogen and oxygen atoms in total. The summed E-state index contributed by atoms with van der Waals surface area (Å²) in [6.45, 7) is -0.353. The molecule has 3 aromatic rings. The van der Waals surface area contributed by atoms with Gasteiger partial charge >= 0.3 is 0 Å². The first-order chi connectivity index (χ1) is 20.6. The number of aromatic nitrogens is 2. The molecule has 1 fully saturated rings. The van der Waals surface area contributed by atoms with Crippen LogP contribution in [-0.2, 0) is 32.9 Å². The number of carbonyl (C=O) groups is 2. The molecule has 0 bridgehead atoms. The third kappa shape index (κ3) is 7.00. The Morgan fingerprint density at radius 2 is 1.79 bits per heavy atom. The summed E-state index contributed by atoms with van der Waals surface area (Å²) in [6, 6.07) is 9.69. The van der Waals surface area contributed by atoms with E-state index in [2.05, 4.69) is 20.2 Å². The van der Waals surface area contributed by atoms with Gasteiger partial charge in [-0.1, -0.05) is 60.3 Å². The van der Waals surface area contributed by atoms with E-state index in [0.717, 1.165) is 19.1 Å². The average Bonchev–Trinajstić information content (AvgIpc) is 2.97. The summed E-state index contributed by atoms with van der Waals surface area (Å²) in [5.74, 6) is -1.84. The first-order valence-corrected chi connectivity index (χ1v) is 16.4. The number of nitrogens with zero attached hydrogens (tertiary/aromatic N) is 3. The molecular weight excluding hydrogens is 617 g/mol. The molecule has 3 N–H and O–H groups in total. The molecule has 1 aliphatic heterocycles. The Balaban J connectivity index is 1.56. The van der Waals surface area contributed by atoms with Gasteiger partial charge in [0.05, 0.1) is 48.6 Å². The maximum atomic E-state index is 14.3. The molecule has 2 aliphatic rings. The van der Waals surface area contributed by atoms with E-state index in [1.807, 2.05) is 0 Å². The molecule has 2 aromatic carbocycles. The Morgan fingerprint density at radius 3 is 2.49 bits per heavy atom. The number of aliphatic hydroxyl groups excluding tert-OH is 1. The van der Waals surface area contributed by atoms with E-state index in [1.165, 1.54) is 12.4 Å². The van der Waals surface area contributed by atoms with Gasteiger partial charge in [-0.2, -0.15) is 0 Å². The van der Waals surface area contributed by atoms with Gasteiger partial charge in [0, 0.05) is 27.7 Å². The smallest absolute Gasteiger partial charge is 0.255 e. The zero-order chi connectivity index (χ0) is 30.7. The Bertz CT molecular complexity index is 1610. The second-order valence-electron chi connectivity index (χ2n) is 10.6. The van der Waals surface area contributed by atoms with Crippen LogP contribution in [0.15, 0.2) is 54.9 Å². The number of hydrogen-bond acceptors (Lipinski definition) is 8. The van der Waals surface area contributed by atoms with Crippen molar-refractivity contribution >= 4 is 45.0 Å². The summed E-state index contributed by atoms with van der Waals surface area (Å²) in [5, 5.41) is 9.84. The van der Waals surface area contributed by atoms with Crippen LogP contribution in [0.2, 0.25) is 10.0 Å². The van der Waals surface area contributed by atoms with Crippen LogP contribution >= 0.6 is 23.2 Å². The fraction of sp³-hybridized carbons (Fsp3) is 0.379. The standard InChI is InChI=1S/C29H31Cl2N5O6S/c1-43(40,41)35-24-8-4-5-9-25(24)36-27(22-11-10-17(30)12-23(22)31)26(20-6-2-3-7-21(20)29(36)39)28(38)34-42-16-19-14-32-18(15-37)13-33-19/h2-3,6-7,10-14,24-27,35,37H,4-5,8-9,15-16H2,1H3,(H,34,38)/t24-,25?,26+,27-/m0/s1. The van der Waals surface area contributed by atoms with Gasteiger partial charge in [0.1, 0.15) is 6.61 Å². The van der Waals surface area contributed by atoms with E-state index < -0.39 is 40.0 Å². The van der Waals surface area contributed by atoms with Crippen LogP contribution in [0.1, 0.15) is 70.5 Å². The van der Waals surface area contributed by atoms with Gasteiger partial charge in [0.2, 0.25) is 10.0 Å². The van der Waals surface area contributed by atoms with Crippen molar-refractivity contribution in [3.63, 3.8) is 0 Å². The molecule has 14 heteroatoms. The minimum atomic E-state index is -3.60.